The van der Waals surface area contributed by atoms with E-state index in [1.807, 2.05) is 19.1 Å². The van der Waals surface area contributed by atoms with E-state index in [0.717, 1.165) is 19.4 Å². The quantitative estimate of drug-likeness (QED) is 0.394. The zero-order valence-electron chi connectivity index (χ0n) is 14.5. The van der Waals surface area contributed by atoms with Gasteiger partial charge in [0.25, 0.3) is 0 Å². The second-order valence-corrected chi connectivity index (χ2v) is 12.2. The smallest absolute Gasteiger partial charge is 0.191 e. The lowest BCUT2D eigenvalue weighted by atomic mass is 10.0. The fourth-order valence-corrected chi connectivity index (χ4v) is 2.78. The molecule has 0 amide bonds. The minimum absolute atomic E-state index is 0.304. The normalized spacial score (nSPS) is 15.5. The van der Waals surface area contributed by atoms with Crippen molar-refractivity contribution in [2.75, 3.05) is 20.7 Å². The third-order valence-electron chi connectivity index (χ3n) is 3.89. The summed E-state index contributed by atoms with van der Waals surface area (Å²) in [5, 5.41) is 6.60. The van der Waals surface area contributed by atoms with Gasteiger partial charge in [0.15, 0.2) is 8.32 Å². The van der Waals surface area contributed by atoms with E-state index in [1.54, 1.807) is 0 Å². The van der Waals surface area contributed by atoms with Crippen LogP contribution in [0.25, 0.3) is 0 Å². The Morgan fingerprint density at radius 2 is 1.79 bits per heavy atom. The highest BCUT2D eigenvalue weighted by Crippen LogP contribution is 2.36. The van der Waals surface area contributed by atoms with Crippen LogP contribution in [0.5, 0.6) is 0 Å². The molecule has 4 heteroatoms. The maximum atomic E-state index is 6.22. The van der Waals surface area contributed by atoms with Gasteiger partial charge in [-0.3, -0.25) is 0 Å². The molecule has 19 heavy (non-hydrogen) atoms. The number of nitrogens with zero attached hydrogens (tertiary/aromatic N) is 2. The highest BCUT2D eigenvalue weighted by atomic mass is 28.4. The van der Waals surface area contributed by atoms with Crippen LogP contribution in [-0.2, 0) is 4.43 Å². The Labute approximate surface area is 121 Å². The maximum absolute atomic E-state index is 6.22. The van der Waals surface area contributed by atoms with Crippen molar-refractivity contribution < 1.29 is 4.43 Å². The van der Waals surface area contributed by atoms with Crippen LogP contribution in [-0.4, -0.2) is 39.7 Å². The fraction of sp³-hybridized carbons (Fsp3) is 0.933. The van der Waals surface area contributed by atoms with Crippen LogP contribution in [0.3, 0.4) is 0 Å². The largest absolute Gasteiger partial charge is 0.417 e. The van der Waals surface area contributed by atoms with Crippen LogP contribution in [0.1, 0.15) is 47.5 Å². The lowest BCUT2D eigenvalue weighted by molar-refractivity contribution is 0.261. The fourth-order valence-electron chi connectivity index (χ4n) is 1.72. The van der Waals surface area contributed by atoms with Gasteiger partial charge in [-0.1, -0.05) is 27.7 Å². The topological polar surface area (TPSA) is 24.8 Å². The monoisotopic (exact) mass is 286 g/mol. The summed E-state index contributed by atoms with van der Waals surface area (Å²) in [7, 11) is 2.36. The van der Waals surface area contributed by atoms with E-state index >= 15 is 0 Å². The number of hydrogen-bond acceptors (Lipinski definition) is 3. The molecule has 0 aromatic rings. The molecule has 0 saturated heterocycles. The number of rotatable bonds is 7. The van der Waals surface area contributed by atoms with E-state index in [0.29, 0.717) is 11.0 Å². The Morgan fingerprint density at radius 1 is 1.26 bits per heavy atom. The Morgan fingerprint density at radius 3 is 2.21 bits per heavy atom. The van der Waals surface area contributed by atoms with E-state index < -0.39 is 8.32 Å². The standard InChI is InChI=1S/C15H34N2OSi/c1-13(12-14(2)16-17(6)7)10-11-18-19(8,9)15(3,4)5/h13H,10-12H2,1-9H3/b16-14+/t13-/m1/s1. The van der Waals surface area contributed by atoms with Crippen LogP contribution in [0, 0.1) is 5.92 Å². The summed E-state index contributed by atoms with van der Waals surface area (Å²) < 4.78 is 6.22. The Balaban J connectivity index is 4.09. The van der Waals surface area contributed by atoms with E-state index in [-0.39, 0.29) is 0 Å². The second-order valence-electron chi connectivity index (χ2n) is 7.39. The third-order valence-corrected chi connectivity index (χ3v) is 8.43. The van der Waals surface area contributed by atoms with Crippen molar-refractivity contribution >= 4 is 14.0 Å². The number of hydrazone groups is 1. The molecular weight excluding hydrogens is 252 g/mol. The highest BCUT2D eigenvalue weighted by molar-refractivity contribution is 6.74. The van der Waals surface area contributed by atoms with Crippen molar-refractivity contribution in [3.8, 4) is 0 Å². The molecule has 0 rings (SSSR count). The van der Waals surface area contributed by atoms with Crippen LogP contribution in [0.2, 0.25) is 18.1 Å². The highest BCUT2D eigenvalue weighted by Gasteiger charge is 2.36. The lowest BCUT2D eigenvalue weighted by Gasteiger charge is -2.36. The van der Waals surface area contributed by atoms with Crippen LogP contribution >= 0.6 is 0 Å². The first-order chi connectivity index (χ1) is 8.45. The maximum Gasteiger partial charge on any atom is 0.191 e. The van der Waals surface area contributed by atoms with E-state index in [1.165, 1.54) is 5.71 Å². The van der Waals surface area contributed by atoms with Crippen LogP contribution in [0.4, 0.5) is 0 Å². The predicted molar refractivity (Wildman–Crippen MR) is 88.3 cm³/mol. The molecule has 0 bridgehead atoms. The van der Waals surface area contributed by atoms with Gasteiger partial charge in [0.2, 0.25) is 0 Å². The summed E-state index contributed by atoms with van der Waals surface area (Å²) in [6, 6.07) is 0. The predicted octanol–water partition coefficient (Wildman–Crippen LogP) is 4.36. The van der Waals surface area contributed by atoms with E-state index in [9.17, 15) is 0 Å². The van der Waals surface area contributed by atoms with E-state index in [2.05, 4.69) is 52.8 Å². The van der Waals surface area contributed by atoms with Gasteiger partial charge in [0.1, 0.15) is 0 Å². The molecule has 114 valence electrons. The van der Waals surface area contributed by atoms with Gasteiger partial charge in [-0.05, 0) is 43.8 Å². The molecule has 0 aliphatic carbocycles. The molecule has 0 aliphatic heterocycles. The second kappa shape index (κ2) is 7.43. The molecule has 0 radical (unpaired) electrons. The molecule has 0 aliphatic rings. The molecule has 0 aromatic heterocycles. The van der Waals surface area contributed by atoms with Gasteiger partial charge in [-0.25, -0.2) is 0 Å². The first-order valence-corrected chi connectivity index (χ1v) is 10.2. The van der Waals surface area contributed by atoms with Crippen LogP contribution in [0.15, 0.2) is 5.10 Å². The minimum atomic E-state index is -1.58. The van der Waals surface area contributed by atoms with Gasteiger partial charge in [0.05, 0.1) is 0 Å². The summed E-state index contributed by atoms with van der Waals surface area (Å²) in [5.41, 5.74) is 1.20. The Hall–Kier alpha value is -0.353. The van der Waals surface area contributed by atoms with Crippen molar-refractivity contribution in [3.05, 3.63) is 0 Å². The van der Waals surface area contributed by atoms with Gasteiger partial charge in [-0.2, -0.15) is 5.10 Å². The van der Waals surface area contributed by atoms with E-state index in [4.69, 9.17) is 4.43 Å². The SMILES string of the molecule is C/C(C[C@H](C)CCO[Si](C)(C)C(C)(C)C)=N\N(C)C. The van der Waals surface area contributed by atoms with Crippen molar-refractivity contribution in [1.29, 1.82) is 0 Å². The summed E-state index contributed by atoms with van der Waals surface area (Å²) in [6.45, 7) is 16.8. The average molecular weight is 287 g/mol. The Kier molecular flexibility index (Phi) is 7.30. The van der Waals surface area contributed by atoms with Gasteiger partial charge < -0.3 is 9.43 Å². The molecule has 0 fully saturated rings. The molecule has 0 heterocycles. The Bertz CT molecular complexity index is 293. The van der Waals surface area contributed by atoms with Crippen molar-refractivity contribution in [3.63, 3.8) is 0 Å². The molecule has 0 unspecified atom stereocenters. The van der Waals surface area contributed by atoms with Gasteiger partial charge in [0, 0.05) is 26.4 Å². The summed E-state index contributed by atoms with van der Waals surface area (Å²) in [5.74, 6) is 0.633. The average Bonchev–Trinajstić information content (AvgIpc) is 2.13. The van der Waals surface area contributed by atoms with Crippen molar-refractivity contribution in [2.24, 2.45) is 11.0 Å². The zero-order chi connectivity index (χ0) is 15.3. The van der Waals surface area contributed by atoms with Gasteiger partial charge in [-0.15, -0.1) is 0 Å². The molecule has 0 saturated carbocycles. The van der Waals surface area contributed by atoms with Crippen LogP contribution < -0.4 is 0 Å². The molecule has 0 N–H and O–H groups in total. The molecule has 0 aromatic carbocycles. The lowest BCUT2D eigenvalue weighted by Crippen LogP contribution is -2.41. The molecular formula is C15H34N2OSi. The third kappa shape index (κ3) is 7.73. The first kappa shape index (κ1) is 18.6. The van der Waals surface area contributed by atoms with Crippen molar-refractivity contribution in [2.45, 2.75) is 65.6 Å². The molecule has 0 spiro atoms. The number of hydrogen-bond donors (Lipinski definition) is 0. The van der Waals surface area contributed by atoms with Crippen molar-refractivity contribution in [1.82, 2.24) is 5.01 Å². The summed E-state index contributed by atoms with van der Waals surface area (Å²) in [6.07, 6.45) is 2.17. The molecule has 1 atom stereocenters. The summed E-state index contributed by atoms with van der Waals surface area (Å²) in [4.78, 5) is 0. The molecule has 3 nitrogen and oxygen atoms in total. The van der Waals surface area contributed by atoms with Gasteiger partial charge >= 0.3 is 0 Å². The zero-order valence-corrected chi connectivity index (χ0v) is 15.5. The minimum Gasteiger partial charge on any atom is -0.417 e. The first-order valence-electron chi connectivity index (χ1n) is 7.31. The summed E-state index contributed by atoms with van der Waals surface area (Å²) >= 11 is 0.